The summed E-state index contributed by atoms with van der Waals surface area (Å²) in [6.45, 7) is 7.19. The van der Waals surface area contributed by atoms with Gasteiger partial charge in [-0.1, -0.05) is 6.92 Å². The van der Waals surface area contributed by atoms with Crippen LogP contribution >= 0.6 is 0 Å². The number of hydrogen-bond donors (Lipinski definition) is 0. The van der Waals surface area contributed by atoms with Crippen LogP contribution in [0.4, 0.5) is 13.6 Å². The van der Waals surface area contributed by atoms with Crippen LogP contribution in [0.25, 0.3) is 0 Å². The molecule has 1 fully saturated rings. The van der Waals surface area contributed by atoms with E-state index in [2.05, 4.69) is 0 Å². The van der Waals surface area contributed by atoms with E-state index in [-0.39, 0.29) is 6.54 Å². The lowest BCUT2D eigenvalue weighted by Gasteiger charge is -2.26. The minimum Gasteiger partial charge on any atom is -0.444 e. The molecular weight excluding hydrogens is 216 g/mol. The number of rotatable bonds is 1. The summed E-state index contributed by atoms with van der Waals surface area (Å²) >= 11 is 0. The van der Waals surface area contributed by atoms with Crippen molar-refractivity contribution in [2.45, 2.75) is 46.1 Å². The lowest BCUT2D eigenvalue weighted by Crippen LogP contribution is -2.37. The summed E-state index contributed by atoms with van der Waals surface area (Å²) < 4.78 is 30.6. The molecule has 16 heavy (non-hydrogen) atoms. The molecule has 0 radical (unpaired) electrons. The molecule has 0 saturated carbocycles. The molecule has 0 aliphatic carbocycles. The Bertz CT molecular complexity index is 276. The van der Waals surface area contributed by atoms with Gasteiger partial charge in [0, 0.05) is 18.5 Å². The monoisotopic (exact) mass is 235 g/mol. The van der Waals surface area contributed by atoms with Gasteiger partial charge in [0.2, 0.25) is 6.43 Å². The van der Waals surface area contributed by atoms with Gasteiger partial charge >= 0.3 is 6.09 Å². The lowest BCUT2D eigenvalue weighted by molar-refractivity contribution is 0.00354. The molecule has 0 aromatic heterocycles. The number of ether oxygens (including phenoxy) is 1. The summed E-state index contributed by atoms with van der Waals surface area (Å²) in [7, 11) is 0. The standard InChI is InChI=1S/C11H19F2NO2/c1-10(2,3)16-9(15)14-6-5-11(4,7-14)8(12)13/h8H,5-7H2,1-4H3. The molecule has 0 aromatic rings. The first-order valence-electron chi connectivity index (χ1n) is 5.40. The number of likely N-dealkylation sites (tertiary alicyclic amines) is 1. The molecule has 94 valence electrons. The van der Waals surface area contributed by atoms with Crippen LogP contribution in [0.1, 0.15) is 34.1 Å². The maximum Gasteiger partial charge on any atom is 0.410 e. The molecule has 1 amide bonds. The Labute approximate surface area is 94.7 Å². The van der Waals surface area contributed by atoms with Crippen LogP contribution in [0.15, 0.2) is 0 Å². The molecule has 1 aliphatic heterocycles. The maximum atomic E-state index is 12.7. The van der Waals surface area contributed by atoms with Gasteiger partial charge in [-0.05, 0) is 27.2 Å². The van der Waals surface area contributed by atoms with E-state index >= 15 is 0 Å². The predicted molar refractivity (Wildman–Crippen MR) is 56.5 cm³/mol. The molecule has 1 saturated heterocycles. The third kappa shape index (κ3) is 3.06. The molecule has 0 aromatic carbocycles. The topological polar surface area (TPSA) is 29.5 Å². The molecule has 1 heterocycles. The Morgan fingerprint density at radius 2 is 2.00 bits per heavy atom. The highest BCUT2D eigenvalue weighted by molar-refractivity contribution is 5.68. The quantitative estimate of drug-likeness (QED) is 0.699. The van der Waals surface area contributed by atoms with Gasteiger partial charge in [0.1, 0.15) is 5.60 Å². The largest absolute Gasteiger partial charge is 0.444 e. The molecule has 0 spiro atoms. The first-order valence-corrected chi connectivity index (χ1v) is 5.40. The van der Waals surface area contributed by atoms with E-state index in [1.165, 1.54) is 11.8 Å². The fourth-order valence-corrected chi connectivity index (χ4v) is 1.64. The molecule has 1 rings (SSSR count). The number of nitrogens with zero attached hydrogens (tertiary/aromatic N) is 1. The SMILES string of the molecule is CC(C)(C)OC(=O)N1CCC(C)(C(F)F)C1. The molecule has 5 heteroatoms. The summed E-state index contributed by atoms with van der Waals surface area (Å²) in [6.07, 6.45) is -2.58. The van der Waals surface area contributed by atoms with Crippen molar-refractivity contribution in [2.75, 3.05) is 13.1 Å². The molecule has 0 N–H and O–H groups in total. The van der Waals surface area contributed by atoms with E-state index in [0.717, 1.165) is 0 Å². The summed E-state index contributed by atoms with van der Waals surface area (Å²) in [5.74, 6) is 0. The second-order valence-corrected chi connectivity index (χ2v) is 5.61. The van der Waals surface area contributed by atoms with Crippen LogP contribution in [0.5, 0.6) is 0 Å². The van der Waals surface area contributed by atoms with Gasteiger partial charge in [-0.2, -0.15) is 0 Å². The molecule has 1 aliphatic rings. The van der Waals surface area contributed by atoms with Crippen molar-refractivity contribution in [2.24, 2.45) is 5.41 Å². The van der Waals surface area contributed by atoms with Crippen molar-refractivity contribution in [3.8, 4) is 0 Å². The van der Waals surface area contributed by atoms with E-state index in [4.69, 9.17) is 4.74 Å². The molecule has 1 atom stereocenters. The molecular formula is C11H19F2NO2. The fourth-order valence-electron chi connectivity index (χ4n) is 1.64. The number of alkyl halides is 2. The van der Waals surface area contributed by atoms with Crippen molar-refractivity contribution in [1.29, 1.82) is 0 Å². The number of carbonyl (C=O) groups is 1. The maximum absolute atomic E-state index is 12.7. The van der Waals surface area contributed by atoms with Gasteiger partial charge in [-0.25, -0.2) is 13.6 Å². The van der Waals surface area contributed by atoms with E-state index in [0.29, 0.717) is 13.0 Å². The van der Waals surface area contributed by atoms with E-state index < -0.39 is 23.5 Å². The highest BCUT2D eigenvalue weighted by Gasteiger charge is 2.44. The first kappa shape index (κ1) is 13.2. The number of halogens is 2. The molecule has 3 nitrogen and oxygen atoms in total. The molecule has 0 bridgehead atoms. The highest BCUT2D eigenvalue weighted by atomic mass is 19.3. The Hall–Kier alpha value is -0.870. The van der Waals surface area contributed by atoms with Crippen molar-refractivity contribution in [3.05, 3.63) is 0 Å². The average molecular weight is 235 g/mol. The zero-order valence-corrected chi connectivity index (χ0v) is 10.2. The fraction of sp³-hybridized carbons (Fsp3) is 0.909. The predicted octanol–water partition coefficient (Wildman–Crippen LogP) is 2.90. The van der Waals surface area contributed by atoms with Crippen LogP contribution < -0.4 is 0 Å². The number of carbonyl (C=O) groups excluding carboxylic acids is 1. The van der Waals surface area contributed by atoms with E-state index in [9.17, 15) is 13.6 Å². The van der Waals surface area contributed by atoms with Gasteiger partial charge in [-0.3, -0.25) is 0 Å². The van der Waals surface area contributed by atoms with Gasteiger partial charge < -0.3 is 9.64 Å². The summed E-state index contributed by atoms with van der Waals surface area (Å²) in [5, 5.41) is 0. The Morgan fingerprint density at radius 3 is 2.38 bits per heavy atom. The van der Waals surface area contributed by atoms with Crippen LogP contribution in [-0.2, 0) is 4.74 Å². The summed E-state index contributed by atoms with van der Waals surface area (Å²) in [5.41, 5.74) is -1.67. The van der Waals surface area contributed by atoms with Crippen LogP contribution in [-0.4, -0.2) is 36.1 Å². The van der Waals surface area contributed by atoms with E-state index in [1.54, 1.807) is 20.8 Å². The zero-order chi connectivity index (χ0) is 12.6. The molecule has 1 unspecified atom stereocenters. The number of hydrogen-bond acceptors (Lipinski definition) is 2. The summed E-state index contributed by atoms with van der Waals surface area (Å²) in [6, 6.07) is 0. The Morgan fingerprint density at radius 1 is 1.44 bits per heavy atom. The minimum absolute atomic E-state index is 0.0690. The third-order valence-corrected chi connectivity index (χ3v) is 2.68. The third-order valence-electron chi connectivity index (χ3n) is 2.68. The van der Waals surface area contributed by atoms with E-state index in [1.807, 2.05) is 0 Å². The van der Waals surface area contributed by atoms with Gasteiger partial charge in [0.05, 0.1) is 0 Å². The van der Waals surface area contributed by atoms with Crippen molar-refractivity contribution in [1.82, 2.24) is 4.90 Å². The van der Waals surface area contributed by atoms with Gasteiger partial charge in [0.25, 0.3) is 0 Å². The van der Waals surface area contributed by atoms with Crippen LogP contribution in [0.3, 0.4) is 0 Å². The highest BCUT2D eigenvalue weighted by Crippen LogP contribution is 2.36. The number of amides is 1. The summed E-state index contributed by atoms with van der Waals surface area (Å²) in [4.78, 5) is 13.0. The lowest BCUT2D eigenvalue weighted by atomic mass is 9.91. The second kappa shape index (κ2) is 4.18. The van der Waals surface area contributed by atoms with Crippen molar-refractivity contribution >= 4 is 6.09 Å². The van der Waals surface area contributed by atoms with Crippen molar-refractivity contribution < 1.29 is 18.3 Å². The normalized spacial score (nSPS) is 26.3. The first-order chi connectivity index (χ1) is 7.14. The Kier molecular flexibility index (Phi) is 3.45. The van der Waals surface area contributed by atoms with Crippen LogP contribution in [0.2, 0.25) is 0 Å². The van der Waals surface area contributed by atoms with Gasteiger partial charge in [-0.15, -0.1) is 0 Å². The van der Waals surface area contributed by atoms with Crippen LogP contribution in [0, 0.1) is 5.41 Å². The average Bonchev–Trinajstić information content (AvgIpc) is 2.46. The Balaban J connectivity index is 2.57. The zero-order valence-electron chi connectivity index (χ0n) is 10.2. The van der Waals surface area contributed by atoms with Crippen molar-refractivity contribution in [3.63, 3.8) is 0 Å². The second-order valence-electron chi connectivity index (χ2n) is 5.61. The minimum atomic E-state index is -2.40. The van der Waals surface area contributed by atoms with Gasteiger partial charge in [0.15, 0.2) is 0 Å². The smallest absolute Gasteiger partial charge is 0.410 e.